The van der Waals surface area contributed by atoms with Gasteiger partial charge in [-0.2, -0.15) is 0 Å². The summed E-state index contributed by atoms with van der Waals surface area (Å²) < 4.78 is 7.05. The minimum absolute atomic E-state index is 0.0270. The fraction of sp³-hybridized carbons (Fsp3) is 0.367. The van der Waals surface area contributed by atoms with Gasteiger partial charge in [-0.3, -0.25) is 0 Å². The summed E-state index contributed by atoms with van der Waals surface area (Å²) in [4.78, 5) is 17.9. The van der Waals surface area contributed by atoms with E-state index >= 15 is 0 Å². The molecular weight excluding hydrogens is 651 g/mol. The predicted octanol–water partition coefficient (Wildman–Crippen LogP) is 9.15. The number of rotatable bonds is 6. The molecule has 2 saturated heterocycles. The number of ether oxygens (including phenoxy) is 1. The van der Waals surface area contributed by atoms with Crippen LogP contribution in [0.1, 0.15) is 71.2 Å². The number of nitrogens with zero attached hydrogens (tertiary/aromatic N) is 2. The number of hydrogen-bond donors (Lipinski definition) is 0. The zero-order chi connectivity index (χ0) is 26.4. The van der Waals surface area contributed by atoms with Crippen LogP contribution >= 0.6 is 55.1 Å². The number of carbonyl (C=O) groups excluding carboxylic acids is 1. The van der Waals surface area contributed by atoms with Gasteiger partial charge in [-0.05, 0) is 99.4 Å². The molecule has 0 aliphatic carbocycles. The second-order valence-corrected chi connectivity index (χ2v) is 12.6. The maximum Gasteiger partial charge on any atom is 0.340 e. The highest BCUT2D eigenvalue weighted by Gasteiger charge is 2.39. The fourth-order valence-corrected chi connectivity index (χ4v) is 7.87. The quantitative estimate of drug-likeness (QED) is 0.148. The number of cyclic esters (lactones) is 1. The lowest BCUT2D eigenvalue weighted by molar-refractivity contribution is 0.0359. The van der Waals surface area contributed by atoms with Gasteiger partial charge in [0.05, 0.1) is 20.1 Å². The normalized spacial score (nSPS) is 19.0. The Bertz CT molecular complexity index is 1290. The Morgan fingerprint density at radius 3 is 1.68 bits per heavy atom. The molecule has 1 unspecified atom stereocenters. The first-order valence-corrected chi connectivity index (χ1v) is 15.5. The van der Waals surface area contributed by atoms with Gasteiger partial charge < -0.3 is 14.5 Å². The van der Waals surface area contributed by atoms with Crippen molar-refractivity contribution in [3.05, 3.63) is 89.8 Å². The summed E-state index contributed by atoms with van der Waals surface area (Å²) in [7, 11) is 0. The molecule has 0 aromatic heterocycles. The number of benzene rings is 3. The molecule has 4 nitrogen and oxygen atoms in total. The lowest BCUT2D eigenvalue weighted by Crippen LogP contribution is -2.18. The highest BCUT2D eigenvalue weighted by atomic mass is 79.9. The Morgan fingerprint density at radius 1 is 0.763 bits per heavy atom. The number of fused-ring (bicyclic) bond motifs is 1. The molecule has 8 heteroatoms. The van der Waals surface area contributed by atoms with E-state index in [2.05, 4.69) is 90.2 Å². The molecule has 0 amide bonds. The van der Waals surface area contributed by atoms with E-state index < -0.39 is 6.10 Å². The van der Waals surface area contributed by atoms with E-state index in [0.29, 0.717) is 31.0 Å². The van der Waals surface area contributed by atoms with Crippen LogP contribution in [0, 0.1) is 0 Å². The number of halogens is 4. The van der Waals surface area contributed by atoms with Crippen LogP contribution in [0.15, 0.2) is 57.5 Å². The van der Waals surface area contributed by atoms with Gasteiger partial charge in [0.2, 0.25) is 0 Å². The largest absolute Gasteiger partial charge is 0.454 e. The van der Waals surface area contributed by atoms with Gasteiger partial charge >= 0.3 is 5.97 Å². The standard InChI is InChI=1S/C30H28Br2Cl2N2O2/c31-26-24-23(38-30(37)25(24)27(32)29(34)28(26)33)17-22(18-5-9-20(10-6-18)35-13-1-2-14-35)19-7-11-21(12-8-19)36-15-3-4-16-36/h5-12,22-23H,1-4,13-17H2. The molecule has 0 radical (unpaired) electrons. The van der Waals surface area contributed by atoms with Gasteiger partial charge in [0, 0.05) is 53.5 Å². The Labute approximate surface area is 250 Å². The summed E-state index contributed by atoms with van der Waals surface area (Å²) in [5.41, 5.74) is 6.12. The maximum atomic E-state index is 13.0. The molecule has 6 rings (SSSR count). The molecule has 3 aromatic carbocycles. The van der Waals surface area contributed by atoms with Crippen LogP contribution in [0.25, 0.3) is 0 Å². The third kappa shape index (κ3) is 4.87. The lowest BCUT2D eigenvalue weighted by Gasteiger charge is -2.25. The van der Waals surface area contributed by atoms with Gasteiger partial charge in [0.15, 0.2) is 0 Å². The van der Waals surface area contributed by atoms with Crippen LogP contribution in [0.3, 0.4) is 0 Å². The third-order valence-corrected chi connectivity index (χ3v) is 11.0. The predicted molar refractivity (Wildman–Crippen MR) is 162 cm³/mol. The molecule has 0 spiro atoms. The second-order valence-electron chi connectivity index (χ2n) is 10.3. The Kier molecular flexibility index (Phi) is 7.69. The topological polar surface area (TPSA) is 32.8 Å². The number of esters is 1. The van der Waals surface area contributed by atoms with Crippen LogP contribution < -0.4 is 9.80 Å². The molecule has 0 saturated carbocycles. The molecule has 0 bridgehead atoms. The number of anilines is 2. The molecule has 198 valence electrons. The molecule has 38 heavy (non-hydrogen) atoms. The summed E-state index contributed by atoms with van der Waals surface area (Å²) in [5, 5.41) is 0.684. The van der Waals surface area contributed by atoms with Crippen molar-refractivity contribution in [1.82, 2.24) is 0 Å². The average Bonchev–Trinajstić information content (AvgIpc) is 3.72. The second kappa shape index (κ2) is 11.0. The van der Waals surface area contributed by atoms with E-state index in [-0.39, 0.29) is 11.9 Å². The maximum absolute atomic E-state index is 13.0. The van der Waals surface area contributed by atoms with Crippen LogP contribution in [0.2, 0.25) is 10.0 Å². The SMILES string of the molecule is O=C1OC(CC(c2ccc(N3CCCC3)cc2)c2ccc(N3CCCC3)cc2)c2c(Br)c(Cl)c(Cl)c(Br)c21. The van der Waals surface area contributed by atoms with Gasteiger partial charge in [-0.1, -0.05) is 47.5 Å². The monoisotopic (exact) mass is 676 g/mol. The highest BCUT2D eigenvalue weighted by Crippen LogP contribution is 2.51. The first-order chi connectivity index (χ1) is 18.4. The Hall–Kier alpha value is -1.73. The molecule has 3 heterocycles. The van der Waals surface area contributed by atoms with Crippen molar-refractivity contribution >= 4 is 72.4 Å². The van der Waals surface area contributed by atoms with E-state index in [1.54, 1.807) is 0 Å². The van der Waals surface area contributed by atoms with Crippen LogP contribution in [0.4, 0.5) is 11.4 Å². The number of carbonyl (C=O) groups is 1. The van der Waals surface area contributed by atoms with Crippen molar-refractivity contribution in [2.24, 2.45) is 0 Å². The summed E-state index contributed by atoms with van der Waals surface area (Å²) in [6.45, 7) is 4.45. The lowest BCUT2D eigenvalue weighted by atomic mass is 9.84. The van der Waals surface area contributed by atoms with Crippen molar-refractivity contribution in [1.29, 1.82) is 0 Å². The summed E-state index contributed by atoms with van der Waals surface area (Å²) >= 11 is 20.0. The van der Waals surface area contributed by atoms with E-state index in [4.69, 9.17) is 27.9 Å². The smallest absolute Gasteiger partial charge is 0.340 e. The molecule has 2 fully saturated rings. The van der Waals surface area contributed by atoms with Gasteiger partial charge in [0.1, 0.15) is 6.10 Å². The van der Waals surface area contributed by atoms with E-state index in [9.17, 15) is 4.79 Å². The molecular formula is C30H28Br2Cl2N2O2. The summed E-state index contributed by atoms with van der Waals surface area (Å²) in [6, 6.07) is 17.8. The van der Waals surface area contributed by atoms with E-state index in [0.717, 1.165) is 31.7 Å². The first kappa shape index (κ1) is 26.5. The van der Waals surface area contributed by atoms with Crippen molar-refractivity contribution in [3.63, 3.8) is 0 Å². The van der Waals surface area contributed by atoms with Crippen LogP contribution in [-0.4, -0.2) is 32.1 Å². The van der Waals surface area contributed by atoms with Crippen molar-refractivity contribution < 1.29 is 9.53 Å². The third-order valence-electron chi connectivity index (χ3n) is 8.06. The minimum Gasteiger partial charge on any atom is -0.454 e. The zero-order valence-electron chi connectivity index (χ0n) is 20.9. The van der Waals surface area contributed by atoms with E-state index in [1.165, 1.54) is 48.2 Å². The highest BCUT2D eigenvalue weighted by molar-refractivity contribution is 9.11. The first-order valence-electron chi connectivity index (χ1n) is 13.2. The van der Waals surface area contributed by atoms with Crippen molar-refractivity contribution in [3.8, 4) is 0 Å². The molecule has 1 atom stereocenters. The minimum atomic E-state index is -0.459. The Morgan fingerprint density at radius 2 is 1.21 bits per heavy atom. The molecule has 3 aliphatic rings. The van der Waals surface area contributed by atoms with E-state index in [1.807, 2.05) is 0 Å². The van der Waals surface area contributed by atoms with Crippen LogP contribution in [-0.2, 0) is 4.74 Å². The van der Waals surface area contributed by atoms with Crippen molar-refractivity contribution in [2.75, 3.05) is 36.0 Å². The van der Waals surface area contributed by atoms with Gasteiger partial charge in [-0.25, -0.2) is 4.79 Å². The number of hydrogen-bond acceptors (Lipinski definition) is 4. The van der Waals surface area contributed by atoms with Gasteiger partial charge in [-0.15, -0.1) is 0 Å². The Balaban J connectivity index is 1.36. The average molecular weight is 679 g/mol. The van der Waals surface area contributed by atoms with Crippen molar-refractivity contribution in [2.45, 2.75) is 44.1 Å². The zero-order valence-corrected chi connectivity index (χ0v) is 25.5. The van der Waals surface area contributed by atoms with Gasteiger partial charge in [0.25, 0.3) is 0 Å². The molecule has 3 aromatic rings. The van der Waals surface area contributed by atoms with Crippen LogP contribution in [0.5, 0.6) is 0 Å². The molecule has 0 N–H and O–H groups in total. The summed E-state index contributed by atoms with van der Waals surface area (Å²) in [6.07, 6.45) is 5.12. The summed E-state index contributed by atoms with van der Waals surface area (Å²) in [5.74, 6) is -0.359. The fourth-order valence-electron chi connectivity index (χ4n) is 6.03. The molecule has 3 aliphatic heterocycles.